The van der Waals surface area contributed by atoms with Crippen molar-refractivity contribution in [3.05, 3.63) is 54.1 Å². The standard InChI is InChI=1S/C20H23N3O2S/c1-14(15-8-10-18(25-2)11-9-15)21-20(26)22-16-5-3-6-17(13-16)23-12-4-7-19(23)24/h3,5-6,8-11,13-14H,4,7,12H2,1-2H3,(H2,21,22,26)/t14-/m1/s1. The van der Waals surface area contributed by atoms with Crippen molar-refractivity contribution in [2.75, 3.05) is 23.9 Å². The first kappa shape index (κ1) is 18.2. The Morgan fingerprint density at radius 2 is 2.00 bits per heavy atom. The van der Waals surface area contributed by atoms with Gasteiger partial charge in [0.25, 0.3) is 0 Å². The molecule has 0 aromatic heterocycles. The molecule has 1 fully saturated rings. The lowest BCUT2D eigenvalue weighted by atomic mass is 10.1. The number of ether oxygens (including phenoxy) is 1. The molecule has 2 aromatic carbocycles. The molecule has 0 unspecified atom stereocenters. The van der Waals surface area contributed by atoms with Crippen LogP contribution in [0.15, 0.2) is 48.5 Å². The summed E-state index contributed by atoms with van der Waals surface area (Å²) in [6.45, 7) is 2.83. The van der Waals surface area contributed by atoms with Gasteiger partial charge in [-0.15, -0.1) is 0 Å². The van der Waals surface area contributed by atoms with E-state index in [1.165, 1.54) is 0 Å². The number of amides is 1. The number of hydrogen-bond acceptors (Lipinski definition) is 3. The van der Waals surface area contributed by atoms with E-state index in [0.29, 0.717) is 11.5 Å². The molecule has 1 aliphatic rings. The Kier molecular flexibility index (Phi) is 5.73. The van der Waals surface area contributed by atoms with E-state index in [1.807, 2.05) is 53.4 Å². The maximum Gasteiger partial charge on any atom is 0.227 e. The molecule has 1 aliphatic heterocycles. The van der Waals surface area contributed by atoms with Crippen LogP contribution in [0.3, 0.4) is 0 Å². The average Bonchev–Trinajstić information content (AvgIpc) is 3.08. The molecular formula is C20H23N3O2S. The number of nitrogens with one attached hydrogen (secondary N) is 2. The summed E-state index contributed by atoms with van der Waals surface area (Å²) in [5, 5.41) is 7.02. The summed E-state index contributed by atoms with van der Waals surface area (Å²) in [7, 11) is 1.65. The van der Waals surface area contributed by atoms with Crippen LogP contribution < -0.4 is 20.3 Å². The molecule has 2 N–H and O–H groups in total. The van der Waals surface area contributed by atoms with E-state index in [0.717, 1.165) is 35.7 Å². The molecule has 0 bridgehead atoms. The minimum atomic E-state index is 0.0595. The number of nitrogens with zero attached hydrogens (tertiary/aromatic N) is 1. The Morgan fingerprint density at radius 3 is 2.65 bits per heavy atom. The predicted octanol–water partition coefficient (Wildman–Crippen LogP) is 3.87. The molecule has 1 amide bonds. The van der Waals surface area contributed by atoms with Gasteiger partial charge in [-0.25, -0.2) is 0 Å². The quantitative estimate of drug-likeness (QED) is 0.784. The van der Waals surface area contributed by atoms with E-state index < -0.39 is 0 Å². The van der Waals surface area contributed by atoms with Crippen LogP contribution in [0.4, 0.5) is 11.4 Å². The summed E-state index contributed by atoms with van der Waals surface area (Å²) in [6.07, 6.45) is 1.53. The van der Waals surface area contributed by atoms with Crippen molar-refractivity contribution in [1.29, 1.82) is 0 Å². The number of methoxy groups -OCH3 is 1. The maximum absolute atomic E-state index is 11.9. The number of hydrogen-bond donors (Lipinski definition) is 2. The fraction of sp³-hybridized carbons (Fsp3) is 0.300. The third-order valence-corrected chi connectivity index (χ3v) is 4.67. The lowest BCUT2D eigenvalue weighted by Crippen LogP contribution is -2.31. The van der Waals surface area contributed by atoms with Crippen LogP contribution in [-0.2, 0) is 4.79 Å². The molecule has 3 rings (SSSR count). The first-order valence-electron chi connectivity index (χ1n) is 8.69. The van der Waals surface area contributed by atoms with Crippen molar-refractivity contribution < 1.29 is 9.53 Å². The second-order valence-electron chi connectivity index (χ2n) is 6.29. The Labute approximate surface area is 159 Å². The Balaban J connectivity index is 1.61. The second kappa shape index (κ2) is 8.19. The van der Waals surface area contributed by atoms with Crippen molar-refractivity contribution in [3.8, 4) is 5.75 Å². The van der Waals surface area contributed by atoms with Gasteiger partial charge in [-0.2, -0.15) is 0 Å². The molecular weight excluding hydrogens is 346 g/mol. The van der Waals surface area contributed by atoms with Gasteiger partial charge in [-0.1, -0.05) is 18.2 Å². The second-order valence-corrected chi connectivity index (χ2v) is 6.70. The number of rotatable bonds is 5. The van der Waals surface area contributed by atoms with Crippen LogP contribution in [0, 0.1) is 0 Å². The topological polar surface area (TPSA) is 53.6 Å². The monoisotopic (exact) mass is 369 g/mol. The molecule has 1 saturated heterocycles. The van der Waals surface area contributed by atoms with Crippen molar-refractivity contribution in [1.82, 2.24) is 5.32 Å². The number of carbonyl (C=O) groups is 1. The summed E-state index contributed by atoms with van der Waals surface area (Å²) in [5.74, 6) is 1.01. The fourth-order valence-electron chi connectivity index (χ4n) is 3.01. The van der Waals surface area contributed by atoms with Gasteiger partial charge in [0.05, 0.1) is 13.2 Å². The zero-order chi connectivity index (χ0) is 18.5. The van der Waals surface area contributed by atoms with Crippen LogP contribution in [0.2, 0.25) is 0 Å². The summed E-state index contributed by atoms with van der Waals surface area (Å²) in [6, 6.07) is 15.7. The van der Waals surface area contributed by atoms with Crippen LogP contribution in [-0.4, -0.2) is 24.7 Å². The van der Waals surface area contributed by atoms with E-state index in [9.17, 15) is 4.79 Å². The fourth-order valence-corrected chi connectivity index (χ4v) is 3.31. The van der Waals surface area contributed by atoms with Crippen molar-refractivity contribution >= 4 is 34.6 Å². The van der Waals surface area contributed by atoms with Crippen LogP contribution >= 0.6 is 12.2 Å². The van der Waals surface area contributed by atoms with E-state index in [1.54, 1.807) is 7.11 Å². The highest BCUT2D eigenvalue weighted by molar-refractivity contribution is 7.80. The van der Waals surface area contributed by atoms with Gasteiger partial charge < -0.3 is 20.3 Å². The Bertz CT molecular complexity index is 792. The van der Waals surface area contributed by atoms with E-state index >= 15 is 0 Å². The maximum atomic E-state index is 11.9. The molecule has 2 aromatic rings. The molecule has 0 spiro atoms. The largest absolute Gasteiger partial charge is 0.497 e. The third-order valence-electron chi connectivity index (χ3n) is 4.45. The lowest BCUT2D eigenvalue weighted by molar-refractivity contribution is -0.117. The zero-order valence-corrected chi connectivity index (χ0v) is 15.8. The summed E-state index contributed by atoms with van der Waals surface area (Å²) >= 11 is 5.43. The van der Waals surface area contributed by atoms with E-state index in [-0.39, 0.29) is 11.9 Å². The molecule has 6 heteroatoms. The van der Waals surface area contributed by atoms with Crippen LogP contribution in [0.5, 0.6) is 5.75 Å². The first-order valence-corrected chi connectivity index (χ1v) is 9.09. The molecule has 0 aliphatic carbocycles. The number of carbonyl (C=O) groups excluding carboxylic acids is 1. The van der Waals surface area contributed by atoms with Crippen LogP contribution in [0.25, 0.3) is 0 Å². The zero-order valence-electron chi connectivity index (χ0n) is 15.0. The molecule has 0 saturated carbocycles. The van der Waals surface area contributed by atoms with Gasteiger partial charge >= 0.3 is 0 Å². The summed E-state index contributed by atoms with van der Waals surface area (Å²) in [5.41, 5.74) is 2.89. The summed E-state index contributed by atoms with van der Waals surface area (Å²) < 4.78 is 5.18. The molecule has 26 heavy (non-hydrogen) atoms. The average molecular weight is 369 g/mol. The van der Waals surface area contributed by atoms with Gasteiger partial charge in [-0.3, -0.25) is 4.79 Å². The summed E-state index contributed by atoms with van der Waals surface area (Å²) in [4.78, 5) is 13.7. The lowest BCUT2D eigenvalue weighted by Gasteiger charge is -2.19. The van der Waals surface area contributed by atoms with Crippen LogP contribution in [0.1, 0.15) is 31.4 Å². The van der Waals surface area contributed by atoms with Gasteiger partial charge in [0, 0.05) is 24.3 Å². The van der Waals surface area contributed by atoms with E-state index in [4.69, 9.17) is 17.0 Å². The normalized spacial score (nSPS) is 14.8. The highest BCUT2D eigenvalue weighted by Crippen LogP contribution is 2.24. The van der Waals surface area contributed by atoms with Gasteiger partial charge in [0.2, 0.25) is 5.91 Å². The number of anilines is 2. The number of benzene rings is 2. The van der Waals surface area contributed by atoms with Gasteiger partial charge in [0.15, 0.2) is 5.11 Å². The van der Waals surface area contributed by atoms with E-state index in [2.05, 4.69) is 17.6 Å². The SMILES string of the molecule is COc1ccc([C@@H](C)NC(=S)Nc2cccc(N3CCCC3=O)c2)cc1. The molecule has 1 atom stereocenters. The minimum absolute atomic E-state index is 0.0595. The smallest absolute Gasteiger partial charge is 0.227 e. The third kappa shape index (κ3) is 4.32. The highest BCUT2D eigenvalue weighted by atomic mass is 32.1. The predicted molar refractivity (Wildman–Crippen MR) is 109 cm³/mol. The number of thiocarbonyl (C=S) groups is 1. The van der Waals surface area contributed by atoms with Crippen molar-refractivity contribution in [2.24, 2.45) is 0 Å². The minimum Gasteiger partial charge on any atom is -0.497 e. The van der Waals surface area contributed by atoms with Crippen molar-refractivity contribution in [2.45, 2.75) is 25.8 Å². The molecule has 5 nitrogen and oxygen atoms in total. The molecule has 0 radical (unpaired) electrons. The Hall–Kier alpha value is -2.60. The first-order chi connectivity index (χ1) is 12.6. The van der Waals surface area contributed by atoms with Gasteiger partial charge in [-0.05, 0) is 61.5 Å². The van der Waals surface area contributed by atoms with Gasteiger partial charge in [0.1, 0.15) is 5.75 Å². The molecule has 136 valence electrons. The Morgan fingerprint density at radius 1 is 1.23 bits per heavy atom. The highest BCUT2D eigenvalue weighted by Gasteiger charge is 2.21. The molecule has 1 heterocycles. The van der Waals surface area contributed by atoms with Crippen molar-refractivity contribution in [3.63, 3.8) is 0 Å².